The van der Waals surface area contributed by atoms with Crippen molar-refractivity contribution >= 4 is 57.3 Å². The Morgan fingerprint density at radius 2 is 1.84 bits per heavy atom. The summed E-state index contributed by atoms with van der Waals surface area (Å²) < 4.78 is 5.96. The minimum atomic E-state index is -0.550. The highest BCUT2D eigenvalue weighted by atomic mass is 32.2. The Labute approximate surface area is 190 Å². The molecule has 32 heavy (non-hydrogen) atoms. The molecule has 1 amide bonds. The van der Waals surface area contributed by atoms with Gasteiger partial charge in [-0.1, -0.05) is 36.1 Å². The van der Waals surface area contributed by atoms with Gasteiger partial charge in [0.15, 0.2) is 4.32 Å². The number of benzene rings is 2. The molecule has 1 aliphatic rings. The van der Waals surface area contributed by atoms with Crippen molar-refractivity contribution in [3.63, 3.8) is 0 Å². The van der Waals surface area contributed by atoms with Crippen LogP contribution in [0.15, 0.2) is 63.9 Å². The number of thioether (sulfide) groups is 1. The molecule has 0 aliphatic carbocycles. The fourth-order valence-corrected chi connectivity index (χ4v) is 4.42. The zero-order valence-corrected chi connectivity index (χ0v) is 18.0. The molecule has 1 fully saturated rings. The quantitative estimate of drug-likeness (QED) is 0.209. The van der Waals surface area contributed by atoms with E-state index >= 15 is 0 Å². The molecule has 0 bridgehead atoms. The van der Waals surface area contributed by atoms with E-state index in [1.54, 1.807) is 37.3 Å². The molecule has 1 saturated heterocycles. The van der Waals surface area contributed by atoms with Crippen LogP contribution in [0.2, 0.25) is 0 Å². The number of aryl methyl sites for hydroxylation is 1. The third-order valence-corrected chi connectivity index (χ3v) is 5.91. The van der Waals surface area contributed by atoms with Gasteiger partial charge in [-0.05, 0) is 36.8 Å². The number of furan rings is 1. The fraction of sp³-hybridized carbons (Fsp3) is 0.0476. The van der Waals surface area contributed by atoms with Gasteiger partial charge in [0.2, 0.25) is 0 Å². The number of hydrogen-bond acceptors (Lipinski definition) is 8. The average Bonchev–Trinajstić information content (AvgIpc) is 3.32. The Balaban J connectivity index is 1.64. The van der Waals surface area contributed by atoms with E-state index in [4.69, 9.17) is 16.6 Å². The van der Waals surface area contributed by atoms with Crippen molar-refractivity contribution < 1.29 is 19.1 Å². The predicted octanol–water partition coefficient (Wildman–Crippen LogP) is 5.48. The highest BCUT2D eigenvalue weighted by Crippen LogP contribution is 2.38. The van der Waals surface area contributed by atoms with Gasteiger partial charge in [0.25, 0.3) is 17.3 Å². The Hall–Kier alpha value is -3.83. The summed E-state index contributed by atoms with van der Waals surface area (Å²) in [6, 6.07) is 13.6. The van der Waals surface area contributed by atoms with Crippen LogP contribution in [-0.2, 0) is 4.79 Å². The molecule has 4 rings (SSSR count). The first-order valence-electron chi connectivity index (χ1n) is 9.12. The Morgan fingerprint density at radius 3 is 2.56 bits per heavy atom. The molecule has 0 atom stereocenters. The lowest BCUT2D eigenvalue weighted by molar-refractivity contribution is -0.384. The molecular weight excluding hydrogens is 454 g/mol. The van der Waals surface area contributed by atoms with Gasteiger partial charge in [0, 0.05) is 24.3 Å². The number of carbonyl (C=O) groups excluding carboxylic acids is 1. The maximum atomic E-state index is 12.9. The van der Waals surface area contributed by atoms with Gasteiger partial charge >= 0.3 is 0 Å². The van der Waals surface area contributed by atoms with Crippen molar-refractivity contribution in [3.05, 3.63) is 91.1 Å². The van der Waals surface area contributed by atoms with Crippen molar-refractivity contribution in [1.82, 2.24) is 0 Å². The van der Waals surface area contributed by atoms with Gasteiger partial charge in [-0.25, -0.2) is 0 Å². The van der Waals surface area contributed by atoms with Crippen molar-refractivity contribution in [3.8, 4) is 11.3 Å². The van der Waals surface area contributed by atoms with E-state index in [1.807, 2.05) is 0 Å². The standard InChI is InChI=1S/C21H13N3O6S2/c1-12-5-7-16(17(9-12)24(28)29)18-8-6-15(30-18)11-19-20(25)22(21(31)32-19)13-3-2-4-14(10-13)23(26)27/h2-11H,1H3/b19-11-. The van der Waals surface area contributed by atoms with E-state index in [-0.39, 0.29) is 26.4 Å². The van der Waals surface area contributed by atoms with Crippen LogP contribution in [0.25, 0.3) is 17.4 Å². The van der Waals surface area contributed by atoms with E-state index in [1.165, 1.54) is 35.2 Å². The van der Waals surface area contributed by atoms with E-state index in [9.17, 15) is 25.0 Å². The molecule has 2 heterocycles. The molecule has 2 aromatic carbocycles. The fourth-order valence-electron chi connectivity index (χ4n) is 3.14. The topological polar surface area (TPSA) is 120 Å². The summed E-state index contributed by atoms with van der Waals surface area (Å²) in [7, 11) is 0. The van der Waals surface area contributed by atoms with Gasteiger partial charge in [0.1, 0.15) is 11.5 Å². The normalized spacial score (nSPS) is 14.9. The summed E-state index contributed by atoms with van der Waals surface area (Å²) in [5, 5.41) is 22.4. The summed E-state index contributed by atoms with van der Waals surface area (Å²) in [6.45, 7) is 1.76. The lowest BCUT2D eigenvalue weighted by atomic mass is 10.1. The van der Waals surface area contributed by atoms with E-state index in [2.05, 4.69) is 0 Å². The highest BCUT2D eigenvalue weighted by Gasteiger charge is 2.34. The van der Waals surface area contributed by atoms with Gasteiger partial charge in [-0.2, -0.15) is 0 Å². The third-order valence-electron chi connectivity index (χ3n) is 4.61. The monoisotopic (exact) mass is 467 g/mol. The third kappa shape index (κ3) is 4.03. The van der Waals surface area contributed by atoms with Crippen LogP contribution in [0.1, 0.15) is 11.3 Å². The molecule has 1 aromatic heterocycles. The molecule has 9 nitrogen and oxygen atoms in total. The maximum absolute atomic E-state index is 12.9. The number of amides is 1. The summed E-state index contributed by atoms with van der Waals surface area (Å²) in [6.07, 6.45) is 1.49. The second-order valence-corrected chi connectivity index (χ2v) is 8.45. The second kappa shape index (κ2) is 8.36. The molecule has 0 saturated carbocycles. The number of hydrogen-bond donors (Lipinski definition) is 0. The van der Waals surface area contributed by atoms with Crippen LogP contribution in [-0.4, -0.2) is 20.1 Å². The lowest BCUT2D eigenvalue weighted by Crippen LogP contribution is -2.27. The second-order valence-electron chi connectivity index (χ2n) is 6.77. The van der Waals surface area contributed by atoms with Crippen LogP contribution in [0, 0.1) is 27.2 Å². The largest absolute Gasteiger partial charge is 0.456 e. The van der Waals surface area contributed by atoms with E-state index in [0.29, 0.717) is 17.0 Å². The molecule has 0 N–H and O–H groups in total. The molecule has 0 unspecified atom stereocenters. The molecule has 11 heteroatoms. The van der Waals surface area contributed by atoms with E-state index in [0.717, 1.165) is 17.3 Å². The van der Waals surface area contributed by atoms with E-state index < -0.39 is 15.8 Å². The number of rotatable bonds is 5. The van der Waals surface area contributed by atoms with Crippen LogP contribution < -0.4 is 4.90 Å². The number of nitrogens with zero attached hydrogens (tertiary/aromatic N) is 3. The number of anilines is 1. The van der Waals surface area contributed by atoms with Crippen molar-refractivity contribution in [2.75, 3.05) is 4.90 Å². The van der Waals surface area contributed by atoms with Gasteiger partial charge < -0.3 is 4.42 Å². The van der Waals surface area contributed by atoms with Crippen molar-refractivity contribution in [1.29, 1.82) is 0 Å². The molecular formula is C21H13N3O6S2. The smallest absolute Gasteiger partial charge is 0.280 e. The maximum Gasteiger partial charge on any atom is 0.280 e. The van der Waals surface area contributed by atoms with Crippen LogP contribution in [0.3, 0.4) is 0 Å². The first kappa shape index (κ1) is 21.4. The lowest BCUT2D eigenvalue weighted by Gasteiger charge is -2.13. The van der Waals surface area contributed by atoms with Crippen LogP contribution in [0.4, 0.5) is 17.1 Å². The minimum absolute atomic E-state index is 0.0807. The summed E-state index contributed by atoms with van der Waals surface area (Å²) in [5.41, 5.74) is 1.13. The van der Waals surface area contributed by atoms with Gasteiger partial charge in [0.05, 0.1) is 26.0 Å². The molecule has 1 aliphatic heterocycles. The summed E-state index contributed by atoms with van der Waals surface area (Å²) >= 11 is 6.32. The highest BCUT2D eigenvalue weighted by molar-refractivity contribution is 8.27. The minimum Gasteiger partial charge on any atom is -0.456 e. The Kier molecular flexibility index (Phi) is 5.59. The van der Waals surface area contributed by atoms with Crippen LogP contribution in [0.5, 0.6) is 0 Å². The predicted molar refractivity (Wildman–Crippen MR) is 124 cm³/mol. The number of thiocarbonyl (C=S) groups is 1. The molecule has 160 valence electrons. The number of non-ortho nitro benzene ring substituents is 1. The number of nitro benzene ring substituents is 2. The van der Waals surface area contributed by atoms with Gasteiger partial charge in [-0.3, -0.25) is 29.9 Å². The summed E-state index contributed by atoms with van der Waals surface area (Å²) in [5.74, 6) is 0.159. The average molecular weight is 467 g/mol. The Bertz CT molecular complexity index is 1330. The Morgan fingerprint density at radius 1 is 1.06 bits per heavy atom. The van der Waals surface area contributed by atoms with Gasteiger partial charge in [-0.15, -0.1) is 0 Å². The van der Waals surface area contributed by atoms with Crippen molar-refractivity contribution in [2.24, 2.45) is 0 Å². The molecule has 0 radical (unpaired) electrons. The molecule has 3 aromatic rings. The zero-order chi connectivity index (χ0) is 23.0. The zero-order valence-electron chi connectivity index (χ0n) is 16.4. The summed E-state index contributed by atoms with van der Waals surface area (Å²) in [4.78, 5) is 35.8. The first-order valence-corrected chi connectivity index (χ1v) is 10.3. The SMILES string of the molecule is Cc1ccc(-c2ccc(/C=C3\SC(=S)N(c4cccc([N+](=O)[O-])c4)C3=O)o2)c([N+](=O)[O-])c1. The van der Waals surface area contributed by atoms with Crippen LogP contribution >= 0.6 is 24.0 Å². The van der Waals surface area contributed by atoms with Crippen molar-refractivity contribution in [2.45, 2.75) is 6.92 Å². The number of carbonyl (C=O) groups is 1. The molecule has 0 spiro atoms. The number of nitro groups is 2. The first-order chi connectivity index (χ1) is 15.2.